The van der Waals surface area contributed by atoms with E-state index in [0.29, 0.717) is 0 Å². The smallest absolute Gasteiger partial charge is 0.0561 e. The van der Waals surface area contributed by atoms with Crippen LogP contribution in [0.1, 0.15) is 0 Å². The molecule has 0 atom stereocenters. The Balaban J connectivity index is 1.16. The lowest BCUT2D eigenvalue weighted by Crippen LogP contribution is -2.11. The van der Waals surface area contributed by atoms with Gasteiger partial charge in [-0.25, -0.2) is 0 Å². The number of anilines is 3. The number of nitrogens with zero attached hydrogens (tertiary/aromatic N) is 2. The fraction of sp³-hybridized carbons (Fsp3) is 0. The van der Waals surface area contributed by atoms with E-state index >= 15 is 0 Å². The Morgan fingerprint density at radius 2 is 0.852 bits per heavy atom. The Morgan fingerprint density at radius 1 is 0.315 bits per heavy atom. The fourth-order valence-corrected chi connectivity index (χ4v) is 8.03. The van der Waals surface area contributed by atoms with Gasteiger partial charge in [0.05, 0.1) is 16.7 Å². The molecule has 0 aliphatic heterocycles. The highest BCUT2D eigenvalue weighted by Crippen LogP contribution is 2.44. The summed E-state index contributed by atoms with van der Waals surface area (Å²) in [5, 5.41) is 4.97. The standard InChI is InChI=1S/C52H36N2/c1-3-14-37(15-4-1)38-26-30-43(31-27-38)54-51-25-12-10-22-48(51)49-35-34-44(36-52(49)54)53(50-24-11-9-21-47(50)40-16-5-2-6-17-40)42-32-28-41(29-33-42)46-23-13-19-39-18-7-8-20-45(39)46/h1-36H. The molecule has 1 heterocycles. The molecule has 0 aliphatic rings. The van der Waals surface area contributed by atoms with E-state index in [2.05, 4.69) is 228 Å². The Kier molecular flexibility index (Phi) is 7.85. The number of fused-ring (bicyclic) bond motifs is 4. The van der Waals surface area contributed by atoms with Gasteiger partial charge in [-0.2, -0.15) is 0 Å². The normalized spacial score (nSPS) is 11.3. The third kappa shape index (κ3) is 5.53. The van der Waals surface area contributed by atoms with Crippen molar-refractivity contribution >= 4 is 49.6 Å². The summed E-state index contributed by atoms with van der Waals surface area (Å²) in [6, 6.07) is 78.9. The lowest BCUT2D eigenvalue weighted by Gasteiger charge is -2.28. The maximum Gasteiger partial charge on any atom is 0.0561 e. The van der Waals surface area contributed by atoms with Crippen LogP contribution in [0, 0.1) is 0 Å². The number of hydrogen-bond donors (Lipinski definition) is 0. The molecular formula is C52H36N2. The van der Waals surface area contributed by atoms with E-state index in [1.165, 1.54) is 60.4 Å². The molecular weight excluding hydrogens is 653 g/mol. The number of benzene rings is 9. The summed E-state index contributed by atoms with van der Waals surface area (Å²) in [6.07, 6.45) is 0. The predicted octanol–water partition coefficient (Wildman–Crippen LogP) is 14.4. The average molecular weight is 689 g/mol. The topological polar surface area (TPSA) is 8.17 Å². The molecule has 10 rings (SSSR count). The summed E-state index contributed by atoms with van der Waals surface area (Å²) in [7, 11) is 0. The molecule has 1 aromatic heterocycles. The first-order valence-corrected chi connectivity index (χ1v) is 18.5. The minimum Gasteiger partial charge on any atom is -0.310 e. The van der Waals surface area contributed by atoms with Crippen LogP contribution in [0.15, 0.2) is 218 Å². The first-order chi connectivity index (χ1) is 26.8. The zero-order chi connectivity index (χ0) is 35.8. The van der Waals surface area contributed by atoms with E-state index in [1.807, 2.05) is 0 Å². The molecule has 2 nitrogen and oxygen atoms in total. The highest BCUT2D eigenvalue weighted by atomic mass is 15.1. The van der Waals surface area contributed by atoms with Crippen molar-refractivity contribution in [2.45, 2.75) is 0 Å². The van der Waals surface area contributed by atoms with Crippen molar-refractivity contribution in [2.24, 2.45) is 0 Å². The van der Waals surface area contributed by atoms with Gasteiger partial charge in [0, 0.05) is 33.4 Å². The van der Waals surface area contributed by atoms with E-state index in [9.17, 15) is 0 Å². The second-order valence-electron chi connectivity index (χ2n) is 13.8. The van der Waals surface area contributed by atoms with Crippen molar-refractivity contribution in [3.05, 3.63) is 218 Å². The van der Waals surface area contributed by atoms with Gasteiger partial charge in [-0.15, -0.1) is 0 Å². The minimum absolute atomic E-state index is 1.09. The molecule has 0 radical (unpaired) electrons. The largest absolute Gasteiger partial charge is 0.310 e. The molecule has 54 heavy (non-hydrogen) atoms. The second kappa shape index (κ2) is 13.4. The van der Waals surface area contributed by atoms with Gasteiger partial charge < -0.3 is 9.47 Å². The van der Waals surface area contributed by atoms with Crippen LogP contribution >= 0.6 is 0 Å². The zero-order valence-electron chi connectivity index (χ0n) is 29.7. The summed E-state index contributed by atoms with van der Waals surface area (Å²) in [5.41, 5.74) is 14.0. The summed E-state index contributed by atoms with van der Waals surface area (Å²) in [6.45, 7) is 0. The van der Waals surface area contributed by atoms with Gasteiger partial charge in [-0.3, -0.25) is 0 Å². The van der Waals surface area contributed by atoms with E-state index in [-0.39, 0.29) is 0 Å². The van der Waals surface area contributed by atoms with Gasteiger partial charge in [-0.05, 0) is 87.1 Å². The van der Waals surface area contributed by atoms with Gasteiger partial charge in [0.2, 0.25) is 0 Å². The van der Waals surface area contributed by atoms with Crippen LogP contribution < -0.4 is 4.90 Å². The Bertz CT molecular complexity index is 2900. The molecule has 0 aliphatic carbocycles. The molecule has 10 aromatic rings. The van der Waals surface area contributed by atoms with Crippen molar-refractivity contribution in [3.63, 3.8) is 0 Å². The van der Waals surface area contributed by atoms with Crippen molar-refractivity contribution < 1.29 is 0 Å². The lowest BCUT2D eigenvalue weighted by atomic mass is 9.97. The molecule has 0 saturated heterocycles. The van der Waals surface area contributed by atoms with Crippen molar-refractivity contribution in [2.75, 3.05) is 4.90 Å². The number of aromatic nitrogens is 1. The van der Waals surface area contributed by atoms with Crippen molar-refractivity contribution in [3.8, 4) is 39.1 Å². The third-order valence-electron chi connectivity index (χ3n) is 10.6. The first-order valence-electron chi connectivity index (χ1n) is 18.5. The molecule has 0 saturated carbocycles. The fourth-order valence-electron chi connectivity index (χ4n) is 8.03. The molecule has 0 spiro atoms. The molecule has 254 valence electrons. The van der Waals surface area contributed by atoms with Crippen molar-refractivity contribution in [1.82, 2.24) is 4.57 Å². The van der Waals surface area contributed by atoms with Crippen LogP contribution in [0.4, 0.5) is 17.1 Å². The van der Waals surface area contributed by atoms with E-state index in [4.69, 9.17) is 0 Å². The van der Waals surface area contributed by atoms with Gasteiger partial charge in [-0.1, -0.05) is 170 Å². The molecule has 0 fully saturated rings. The molecule has 9 aromatic carbocycles. The highest BCUT2D eigenvalue weighted by molar-refractivity contribution is 6.10. The average Bonchev–Trinajstić information content (AvgIpc) is 3.58. The van der Waals surface area contributed by atoms with Gasteiger partial charge in [0.25, 0.3) is 0 Å². The molecule has 0 amide bonds. The van der Waals surface area contributed by atoms with Crippen LogP contribution in [0.5, 0.6) is 0 Å². The third-order valence-corrected chi connectivity index (χ3v) is 10.6. The molecule has 2 heteroatoms. The van der Waals surface area contributed by atoms with Crippen LogP contribution in [0.3, 0.4) is 0 Å². The first kappa shape index (κ1) is 31.6. The Hall–Kier alpha value is -7.16. The summed E-state index contributed by atoms with van der Waals surface area (Å²) in [4.78, 5) is 2.41. The molecule has 0 unspecified atom stereocenters. The SMILES string of the molecule is c1ccc(-c2ccc(-n3c4ccccc4c4ccc(N(c5ccc(-c6cccc7ccccc67)cc5)c5ccccc5-c5ccccc5)cc43)cc2)cc1. The van der Waals surface area contributed by atoms with Crippen LogP contribution in [0.25, 0.3) is 71.6 Å². The Labute approximate surface area is 315 Å². The predicted molar refractivity (Wildman–Crippen MR) is 229 cm³/mol. The number of para-hydroxylation sites is 2. The minimum atomic E-state index is 1.09. The van der Waals surface area contributed by atoms with Crippen LogP contribution in [-0.2, 0) is 0 Å². The van der Waals surface area contributed by atoms with Gasteiger partial charge in [0.1, 0.15) is 0 Å². The van der Waals surface area contributed by atoms with E-state index < -0.39 is 0 Å². The zero-order valence-corrected chi connectivity index (χ0v) is 29.7. The maximum absolute atomic E-state index is 2.41. The van der Waals surface area contributed by atoms with Crippen molar-refractivity contribution in [1.29, 1.82) is 0 Å². The van der Waals surface area contributed by atoms with E-state index in [0.717, 1.165) is 28.3 Å². The van der Waals surface area contributed by atoms with Gasteiger partial charge >= 0.3 is 0 Å². The maximum atomic E-state index is 2.41. The highest BCUT2D eigenvalue weighted by Gasteiger charge is 2.20. The summed E-state index contributed by atoms with van der Waals surface area (Å²) < 4.78 is 2.41. The van der Waals surface area contributed by atoms with Crippen LogP contribution in [-0.4, -0.2) is 4.57 Å². The van der Waals surface area contributed by atoms with Crippen LogP contribution in [0.2, 0.25) is 0 Å². The Morgan fingerprint density at radius 3 is 1.65 bits per heavy atom. The summed E-state index contributed by atoms with van der Waals surface area (Å²) >= 11 is 0. The monoisotopic (exact) mass is 688 g/mol. The number of hydrogen-bond acceptors (Lipinski definition) is 1. The lowest BCUT2D eigenvalue weighted by molar-refractivity contribution is 1.18. The number of rotatable bonds is 7. The quantitative estimate of drug-likeness (QED) is 0.162. The van der Waals surface area contributed by atoms with E-state index in [1.54, 1.807) is 0 Å². The summed E-state index contributed by atoms with van der Waals surface area (Å²) in [5.74, 6) is 0. The molecule has 0 bridgehead atoms. The van der Waals surface area contributed by atoms with Gasteiger partial charge in [0.15, 0.2) is 0 Å². The second-order valence-corrected chi connectivity index (χ2v) is 13.8. The molecule has 0 N–H and O–H groups in total.